The van der Waals surface area contributed by atoms with Crippen LogP contribution in [0.3, 0.4) is 0 Å². The highest BCUT2D eigenvalue weighted by Crippen LogP contribution is 2.33. The van der Waals surface area contributed by atoms with Gasteiger partial charge in [-0.05, 0) is 56.1 Å². The molecule has 0 bridgehead atoms. The Kier molecular flexibility index (Phi) is 6.28. The second kappa shape index (κ2) is 9.44. The third-order valence-corrected chi connectivity index (χ3v) is 5.28. The molecule has 3 nitrogen and oxygen atoms in total. The topological polar surface area (TPSA) is 37.0 Å². The van der Waals surface area contributed by atoms with Crippen molar-refractivity contribution in [2.75, 3.05) is 19.7 Å². The molecule has 0 saturated carbocycles. The summed E-state index contributed by atoms with van der Waals surface area (Å²) in [5.41, 5.74) is 4.87. The Hall–Kier alpha value is -3.04. The molecule has 4 rings (SSSR count). The normalized spacial score (nSPS) is 11.2. The fourth-order valence-electron chi connectivity index (χ4n) is 3.82. The minimum Gasteiger partial charge on any atom is -0.493 e. The lowest BCUT2D eigenvalue weighted by atomic mass is 10.1. The summed E-state index contributed by atoms with van der Waals surface area (Å²) in [6, 6.07) is 23.3. The van der Waals surface area contributed by atoms with E-state index in [1.165, 1.54) is 21.9 Å². The van der Waals surface area contributed by atoms with Gasteiger partial charge in [0.2, 0.25) is 0 Å². The van der Waals surface area contributed by atoms with Crippen molar-refractivity contribution < 1.29 is 4.74 Å². The van der Waals surface area contributed by atoms with E-state index in [-0.39, 0.29) is 0 Å². The Morgan fingerprint density at radius 3 is 2.59 bits per heavy atom. The summed E-state index contributed by atoms with van der Waals surface area (Å²) < 4.78 is 6.15. The average molecular weight is 385 g/mol. The third-order valence-electron chi connectivity index (χ3n) is 5.28. The molecule has 0 atom stereocenters. The number of aromatic amines is 1. The van der Waals surface area contributed by atoms with Gasteiger partial charge in [-0.2, -0.15) is 0 Å². The van der Waals surface area contributed by atoms with E-state index in [1.807, 2.05) is 6.08 Å². The molecule has 0 spiro atoms. The molecule has 0 aliphatic carbocycles. The van der Waals surface area contributed by atoms with Gasteiger partial charge in [-0.25, -0.2) is 0 Å². The number of benzene rings is 3. The molecule has 1 aromatic heterocycles. The van der Waals surface area contributed by atoms with Crippen molar-refractivity contribution in [2.24, 2.45) is 0 Å². The van der Waals surface area contributed by atoms with Gasteiger partial charge in [0, 0.05) is 21.9 Å². The number of hydrogen-bond donors (Lipinski definition) is 2. The van der Waals surface area contributed by atoms with Crippen molar-refractivity contribution in [3.63, 3.8) is 0 Å². The summed E-state index contributed by atoms with van der Waals surface area (Å²) in [6.45, 7) is 6.59. The van der Waals surface area contributed by atoms with Gasteiger partial charge in [-0.15, -0.1) is 6.58 Å². The highest BCUT2D eigenvalue weighted by molar-refractivity contribution is 6.08. The van der Waals surface area contributed by atoms with Gasteiger partial charge in [0.05, 0.1) is 12.1 Å². The highest BCUT2D eigenvalue weighted by atomic mass is 16.5. The lowest BCUT2D eigenvalue weighted by Gasteiger charge is -2.12. The first-order valence-electron chi connectivity index (χ1n) is 10.4. The molecule has 148 valence electrons. The van der Waals surface area contributed by atoms with Crippen LogP contribution >= 0.6 is 0 Å². The van der Waals surface area contributed by atoms with Crippen LogP contribution in [0.15, 0.2) is 79.4 Å². The van der Waals surface area contributed by atoms with E-state index >= 15 is 0 Å². The first-order valence-corrected chi connectivity index (χ1v) is 10.4. The molecule has 0 amide bonds. The van der Waals surface area contributed by atoms with Gasteiger partial charge in [-0.3, -0.25) is 0 Å². The van der Waals surface area contributed by atoms with E-state index in [2.05, 4.69) is 83.6 Å². The molecular formula is C26H28N2O. The monoisotopic (exact) mass is 384 g/mol. The maximum absolute atomic E-state index is 6.15. The van der Waals surface area contributed by atoms with Crippen molar-refractivity contribution in [3.8, 4) is 5.75 Å². The van der Waals surface area contributed by atoms with E-state index in [4.69, 9.17) is 4.74 Å². The zero-order chi connectivity index (χ0) is 19.9. The van der Waals surface area contributed by atoms with Gasteiger partial charge in [-0.1, -0.05) is 54.6 Å². The van der Waals surface area contributed by atoms with E-state index in [1.54, 1.807) is 0 Å². The Balaban J connectivity index is 1.34. The van der Waals surface area contributed by atoms with Crippen molar-refractivity contribution in [2.45, 2.75) is 19.3 Å². The second-order valence-electron chi connectivity index (χ2n) is 7.32. The van der Waals surface area contributed by atoms with Gasteiger partial charge < -0.3 is 15.0 Å². The second-order valence-corrected chi connectivity index (χ2v) is 7.32. The number of rotatable bonds is 10. The molecule has 4 aromatic rings. The van der Waals surface area contributed by atoms with Crippen molar-refractivity contribution in [1.82, 2.24) is 10.3 Å². The molecule has 2 N–H and O–H groups in total. The van der Waals surface area contributed by atoms with Crippen LogP contribution < -0.4 is 10.1 Å². The summed E-state index contributed by atoms with van der Waals surface area (Å²) in [7, 11) is 0. The Morgan fingerprint density at radius 1 is 0.897 bits per heavy atom. The summed E-state index contributed by atoms with van der Waals surface area (Å²) in [5.74, 6) is 0.952. The number of nitrogens with one attached hydrogen (secondary N) is 2. The van der Waals surface area contributed by atoms with Crippen molar-refractivity contribution in [3.05, 3.63) is 90.5 Å². The fraction of sp³-hybridized carbons (Fsp3) is 0.231. The predicted molar refractivity (Wildman–Crippen MR) is 123 cm³/mol. The molecular weight excluding hydrogens is 356 g/mol. The van der Waals surface area contributed by atoms with Crippen molar-refractivity contribution in [1.29, 1.82) is 0 Å². The minimum atomic E-state index is 0.703. The highest BCUT2D eigenvalue weighted by Gasteiger charge is 2.12. The first kappa shape index (κ1) is 19.3. The largest absolute Gasteiger partial charge is 0.493 e. The maximum atomic E-state index is 6.15. The van der Waals surface area contributed by atoms with Crippen LogP contribution in [-0.2, 0) is 12.8 Å². The molecule has 0 aliphatic heterocycles. The van der Waals surface area contributed by atoms with Crippen LogP contribution in [0.4, 0.5) is 0 Å². The van der Waals surface area contributed by atoms with Crippen LogP contribution in [0, 0.1) is 0 Å². The lowest BCUT2D eigenvalue weighted by molar-refractivity contribution is 0.306. The zero-order valence-corrected chi connectivity index (χ0v) is 16.8. The molecule has 0 saturated heterocycles. The number of para-hydroxylation sites is 1. The number of fused-ring (bicyclic) bond motifs is 3. The predicted octanol–water partition coefficient (Wildman–Crippen LogP) is 5.65. The van der Waals surface area contributed by atoms with Gasteiger partial charge >= 0.3 is 0 Å². The summed E-state index contributed by atoms with van der Waals surface area (Å²) in [5, 5.41) is 6.00. The minimum absolute atomic E-state index is 0.703. The number of allylic oxidation sites excluding steroid dienone is 1. The van der Waals surface area contributed by atoms with Crippen molar-refractivity contribution >= 4 is 21.8 Å². The Labute approximate surface area is 172 Å². The molecule has 0 aliphatic rings. The number of ether oxygens (including phenoxy) is 1. The summed E-state index contributed by atoms with van der Waals surface area (Å²) >= 11 is 0. The van der Waals surface area contributed by atoms with E-state index in [0.29, 0.717) is 6.61 Å². The van der Waals surface area contributed by atoms with E-state index in [0.717, 1.165) is 49.1 Å². The quantitative estimate of drug-likeness (QED) is 0.274. The maximum Gasteiger partial charge on any atom is 0.124 e. The molecule has 0 fully saturated rings. The zero-order valence-electron chi connectivity index (χ0n) is 16.8. The smallest absolute Gasteiger partial charge is 0.124 e. The van der Waals surface area contributed by atoms with Gasteiger partial charge in [0.25, 0.3) is 0 Å². The van der Waals surface area contributed by atoms with Crippen LogP contribution in [0.2, 0.25) is 0 Å². The molecule has 29 heavy (non-hydrogen) atoms. The van der Waals surface area contributed by atoms with Crippen LogP contribution in [0.5, 0.6) is 5.75 Å². The summed E-state index contributed by atoms with van der Waals surface area (Å²) in [4.78, 5) is 3.57. The average Bonchev–Trinajstić information content (AvgIpc) is 3.14. The molecule has 3 aromatic carbocycles. The van der Waals surface area contributed by atoms with Crippen LogP contribution in [0.25, 0.3) is 21.8 Å². The molecule has 0 unspecified atom stereocenters. The molecule has 3 heteroatoms. The standard InChI is InChI=1S/C26H28N2O/c1-2-9-23-25(15-14-22-21-12-6-7-13-24(21)28-26(22)23)29-19-8-17-27-18-16-20-10-4-3-5-11-20/h2-7,10-15,27-28H,1,8-9,16-19H2. The van der Waals surface area contributed by atoms with E-state index < -0.39 is 0 Å². The molecule has 0 radical (unpaired) electrons. The third kappa shape index (κ3) is 4.52. The summed E-state index contributed by atoms with van der Waals surface area (Å²) in [6.07, 6.45) is 4.77. The SMILES string of the molecule is C=CCc1c(OCCCNCCc2ccccc2)ccc2c1[nH]c1ccccc12. The lowest BCUT2D eigenvalue weighted by Crippen LogP contribution is -2.20. The first-order chi connectivity index (χ1) is 14.4. The fourth-order valence-corrected chi connectivity index (χ4v) is 3.82. The Morgan fingerprint density at radius 2 is 1.72 bits per heavy atom. The number of H-pyrrole nitrogens is 1. The number of aromatic nitrogens is 1. The number of hydrogen-bond acceptors (Lipinski definition) is 2. The van der Waals surface area contributed by atoms with Crippen LogP contribution in [-0.4, -0.2) is 24.7 Å². The van der Waals surface area contributed by atoms with Crippen LogP contribution in [0.1, 0.15) is 17.5 Å². The van der Waals surface area contributed by atoms with E-state index in [9.17, 15) is 0 Å². The van der Waals surface area contributed by atoms with Gasteiger partial charge in [0.1, 0.15) is 5.75 Å². The Bertz CT molecular complexity index is 1080. The van der Waals surface area contributed by atoms with Gasteiger partial charge in [0.15, 0.2) is 0 Å². The molecule has 1 heterocycles.